The van der Waals surface area contributed by atoms with Crippen molar-refractivity contribution in [2.75, 3.05) is 30.0 Å². The van der Waals surface area contributed by atoms with Crippen molar-refractivity contribution in [1.82, 2.24) is 14.8 Å². The summed E-state index contributed by atoms with van der Waals surface area (Å²) in [5.41, 5.74) is 12.2. The fourth-order valence-corrected chi connectivity index (χ4v) is 3.84. The molecule has 2 heterocycles. The molecule has 2 aromatic heterocycles. The van der Waals surface area contributed by atoms with E-state index in [1.165, 1.54) is 0 Å². The zero-order chi connectivity index (χ0) is 25.1. The number of anilines is 3. The molecule has 0 fully saturated rings. The Labute approximate surface area is 205 Å². The molecule has 0 saturated heterocycles. The van der Waals surface area contributed by atoms with Crippen molar-refractivity contribution in [3.63, 3.8) is 0 Å². The van der Waals surface area contributed by atoms with Gasteiger partial charge in [0.2, 0.25) is 0 Å². The molecular weight excluding hydrogens is 440 g/mol. The molecule has 1 atom stereocenters. The van der Waals surface area contributed by atoms with Gasteiger partial charge in [-0.1, -0.05) is 18.2 Å². The van der Waals surface area contributed by atoms with Crippen molar-refractivity contribution in [3.8, 4) is 16.9 Å². The molecule has 2 aromatic carbocycles. The fraction of sp³-hybridized carbons (Fsp3) is 0.222. The summed E-state index contributed by atoms with van der Waals surface area (Å²) in [5, 5.41) is 7.19. The van der Waals surface area contributed by atoms with E-state index >= 15 is 0 Å². The van der Waals surface area contributed by atoms with Crippen LogP contribution in [0.15, 0.2) is 67.1 Å². The zero-order valence-corrected chi connectivity index (χ0v) is 20.6. The number of nitrogen functional groups attached to an aromatic ring is 1. The lowest BCUT2D eigenvalue weighted by Gasteiger charge is -2.18. The average Bonchev–Trinajstić information content (AvgIpc) is 3.27. The number of benzene rings is 2. The van der Waals surface area contributed by atoms with E-state index in [0.717, 1.165) is 27.9 Å². The van der Waals surface area contributed by atoms with Gasteiger partial charge in [0.15, 0.2) is 11.6 Å². The zero-order valence-electron chi connectivity index (χ0n) is 20.6. The Morgan fingerprint density at radius 3 is 2.63 bits per heavy atom. The Kier molecular flexibility index (Phi) is 6.73. The minimum atomic E-state index is -0.320. The molecule has 0 aliphatic carbocycles. The van der Waals surface area contributed by atoms with Crippen LogP contribution in [0, 0.1) is 6.92 Å². The molecule has 0 aliphatic rings. The van der Waals surface area contributed by atoms with Crippen molar-refractivity contribution in [1.29, 1.82) is 0 Å². The topological polar surface area (TPSA) is 98.3 Å². The van der Waals surface area contributed by atoms with Crippen molar-refractivity contribution >= 4 is 23.1 Å². The molecule has 0 radical (unpaired) electrons. The maximum Gasteiger partial charge on any atom is 0.255 e. The quantitative estimate of drug-likeness (QED) is 0.401. The van der Waals surface area contributed by atoms with E-state index in [9.17, 15) is 4.79 Å². The first-order valence-corrected chi connectivity index (χ1v) is 11.3. The molecule has 35 heavy (non-hydrogen) atoms. The summed E-state index contributed by atoms with van der Waals surface area (Å²) in [6.07, 6.45) is 5.05. The number of ether oxygens (including phenoxy) is 1. The van der Waals surface area contributed by atoms with E-state index in [2.05, 4.69) is 15.4 Å². The minimum absolute atomic E-state index is 0.170. The third-order valence-corrected chi connectivity index (χ3v) is 5.79. The molecule has 0 saturated carbocycles. The number of amides is 1. The highest BCUT2D eigenvalue weighted by Gasteiger charge is 2.15. The maximum atomic E-state index is 12.9. The highest BCUT2D eigenvalue weighted by atomic mass is 16.5. The summed E-state index contributed by atoms with van der Waals surface area (Å²) in [5.74, 6) is 0.630. The molecule has 180 valence electrons. The number of hydrogen-bond donors (Lipinski definition) is 2. The minimum Gasteiger partial charge on any atom is -0.482 e. The number of pyridine rings is 1. The molecule has 0 bridgehead atoms. The van der Waals surface area contributed by atoms with Gasteiger partial charge < -0.3 is 20.7 Å². The van der Waals surface area contributed by atoms with E-state index < -0.39 is 0 Å². The Balaban J connectivity index is 1.50. The van der Waals surface area contributed by atoms with Crippen LogP contribution in [0.3, 0.4) is 0 Å². The van der Waals surface area contributed by atoms with E-state index in [0.29, 0.717) is 22.8 Å². The van der Waals surface area contributed by atoms with Crippen LogP contribution in [0.2, 0.25) is 0 Å². The molecule has 0 spiro atoms. The molecule has 1 unspecified atom stereocenters. The number of nitrogens with one attached hydrogen (secondary N) is 1. The molecule has 8 nitrogen and oxygen atoms in total. The molecular formula is C27H30N6O2. The second kappa shape index (κ2) is 9.89. The standard InChI is InChI=1S/C27H30N6O2/c1-17-9-10-20(12-24(17)32(3)4)27(34)31-23-8-6-7-19(11-23)18(2)35-25-13-21(14-29-26(25)28)22-15-30-33(5)16-22/h6-16,18H,1-5H3,(H2,28,29)(H,31,34). The Morgan fingerprint density at radius 2 is 1.91 bits per heavy atom. The Hall–Kier alpha value is -4.33. The summed E-state index contributed by atoms with van der Waals surface area (Å²) in [4.78, 5) is 19.2. The molecule has 4 aromatic rings. The van der Waals surface area contributed by atoms with Gasteiger partial charge in [-0.3, -0.25) is 9.48 Å². The van der Waals surface area contributed by atoms with Gasteiger partial charge >= 0.3 is 0 Å². The maximum absolute atomic E-state index is 12.9. The van der Waals surface area contributed by atoms with Gasteiger partial charge in [0.05, 0.1) is 6.20 Å². The number of aryl methyl sites for hydroxylation is 2. The van der Waals surface area contributed by atoms with Crippen molar-refractivity contribution < 1.29 is 9.53 Å². The summed E-state index contributed by atoms with van der Waals surface area (Å²) in [6.45, 7) is 3.96. The van der Waals surface area contributed by atoms with E-state index in [4.69, 9.17) is 10.5 Å². The van der Waals surface area contributed by atoms with Gasteiger partial charge in [0.25, 0.3) is 5.91 Å². The first kappa shape index (κ1) is 23.8. The first-order valence-electron chi connectivity index (χ1n) is 11.3. The van der Waals surface area contributed by atoms with Crippen molar-refractivity contribution in [2.45, 2.75) is 20.0 Å². The van der Waals surface area contributed by atoms with Crippen LogP contribution >= 0.6 is 0 Å². The van der Waals surface area contributed by atoms with E-state index in [1.807, 2.05) is 94.6 Å². The number of aromatic nitrogens is 3. The van der Waals surface area contributed by atoms with Crippen molar-refractivity contribution in [3.05, 3.63) is 83.8 Å². The van der Waals surface area contributed by atoms with Crippen molar-refractivity contribution in [2.24, 2.45) is 7.05 Å². The van der Waals surface area contributed by atoms with Crippen LogP contribution < -0.4 is 20.7 Å². The van der Waals surface area contributed by atoms with Gasteiger partial charge in [-0.15, -0.1) is 0 Å². The summed E-state index contributed by atoms with van der Waals surface area (Å²) in [6, 6.07) is 15.1. The highest BCUT2D eigenvalue weighted by Crippen LogP contribution is 2.31. The molecule has 4 rings (SSSR count). The predicted octanol–water partition coefficient (Wildman–Crippen LogP) is 4.83. The first-order chi connectivity index (χ1) is 16.7. The van der Waals surface area contributed by atoms with Crippen LogP contribution in [0.4, 0.5) is 17.2 Å². The predicted molar refractivity (Wildman–Crippen MR) is 140 cm³/mol. The summed E-state index contributed by atoms with van der Waals surface area (Å²) < 4.78 is 7.90. The van der Waals surface area contributed by atoms with Gasteiger partial charge in [0, 0.05) is 61.6 Å². The SMILES string of the molecule is Cc1ccc(C(=O)Nc2cccc(C(C)Oc3cc(-c4cnn(C)c4)cnc3N)c2)cc1N(C)C. The lowest BCUT2D eigenvalue weighted by molar-refractivity contribution is 0.102. The number of rotatable bonds is 7. The molecule has 3 N–H and O–H groups in total. The molecule has 8 heteroatoms. The Morgan fingerprint density at radius 1 is 1.11 bits per heavy atom. The lowest BCUT2D eigenvalue weighted by atomic mass is 10.1. The summed E-state index contributed by atoms with van der Waals surface area (Å²) in [7, 11) is 5.78. The van der Waals surface area contributed by atoms with Gasteiger partial charge in [0.1, 0.15) is 6.10 Å². The van der Waals surface area contributed by atoms with Crippen LogP contribution in [-0.2, 0) is 7.05 Å². The van der Waals surface area contributed by atoms with Gasteiger partial charge in [-0.25, -0.2) is 4.98 Å². The van der Waals surface area contributed by atoms with Gasteiger partial charge in [-0.05, 0) is 55.3 Å². The number of carbonyl (C=O) groups is 1. The fourth-order valence-electron chi connectivity index (χ4n) is 3.84. The number of nitrogens with two attached hydrogens (primary N) is 1. The number of hydrogen-bond acceptors (Lipinski definition) is 6. The van der Waals surface area contributed by atoms with Crippen LogP contribution in [0.25, 0.3) is 11.1 Å². The highest BCUT2D eigenvalue weighted by molar-refractivity contribution is 6.05. The second-order valence-electron chi connectivity index (χ2n) is 8.75. The third-order valence-electron chi connectivity index (χ3n) is 5.79. The van der Waals surface area contributed by atoms with E-state index in [1.54, 1.807) is 17.1 Å². The largest absolute Gasteiger partial charge is 0.482 e. The Bertz CT molecular complexity index is 1360. The molecule has 0 aliphatic heterocycles. The average molecular weight is 471 g/mol. The lowest BCUT2D eigenvalue weighted by Crippen LogP contribution is -2.15. The van der Waals surface area contributed by atoms with E-state index in [-0.39, 0.29) is 12.0 Å². The third kappa shape index (κ3) is 5.43. The summed E-state index contributed by atoms with van der Waals surface area (Å²) >= 11 is 0. The normalized spacial score (nSPS) is 11.7. The van der Waals surface area contributed by atoms with Gasteiger partial charge in [-0.2, -0.15) is 5.10 Å². The monoisotopic (exact) mass is 470 g/mol. The van der Waals surface area contributed by atoms with Crippen LogP contribution in [0.1, 0.15) is 34.5 Å². The van der Waals surface area contributed by atoms with Crippen LogP contribution in [0.5, 0.6) is 5.75 Å². The van der Waals surface area contributed by atoms with Crippen LogP contribution in [-0.4, -0.2) is 34.8 Å². The smallest absolute Gasteiger partial charge is 0.255 e. The number of nitrogens with zero attached hydrogens (tertiary/aromatic N) is 4. The molecule has 1 amide bonds. The number of carbonyl (C=O) groups excluding carboxylic acids is 1. The second-order valence-corrected chi connectivity index (χ2v) is 8.75.